The largest absolute Gasteiger partial charge is 0.300 e. The Labute approximate surface area is 101 Å². The summed E-state index contributed by atoms with van der Waals surface area (Å²) in [4.78, 5) is 11.2. The number of carbonyl (C=O) groups excluding carboxylic acids is 1. The Morgan fingerprint density at radius 3 is 2.65 bits per heavy atom. The zero-order chi connectivity index (χ0) is 12.3. The van der Waals surface area contributed by atoms with Crippen molar-refractivity contribution >= 4 is 16.6 Å². The molecule has 0 spiro atoms. The lowest BCUT2D eigenvalue weighted by Crippen LogP contribution is -2.02. The number of rotatable bonds is 3. The summed E-state index contributed by atoms with van der Waals surface area (Å²) in [5.41, 5.74) is 1.07. The van der Waals surface area contributed by atoms with Crippen LogP contribution >= 0.6 is 0 Å². The molecule has 0 bridgehead atoms. The van der Waals surface area contributed by atoms with Gasteiger partial charge in [-0.2, -0.15) is 0 Å². The lowest BCUT2D eigenvalue weighted by atomic mass is 9.90. The summed E-state index contributed by atoms with van der Waals surface area (Å²) in [5.74, 6) is 2.72. The van der Waals surface area contributed by atoms with Crippen LogP contribution in [-0.4, -0.2) is 5.78 Å². The van der Waals surface area contributed by atoms with Gasteiger partial charge in [0, 0.05) is 6.42 Å². The van der Waals surface area contributed by atoms with Gasteiger partial charge in [-0.3, -0.25) is 4.79 Å². The second-order valence-electron chi connectivity index (χ2n) is 4.19. The summed E-state index contributed by atoms with van der Waals surface area (Å²) >= 11 is 0. The topological polar surface area (TPSA) is 17.1 Å². The summed E-state index contributed by atoms with van der Waals surface area (Å²) < 4.78 is 0. The molecule has 0 saturated heterocycles. The van der Waals surface area contributed by atoms with E-state index < -0.39 is 0 Å². The number of Topliss-reactive ketones (excluding diaryl/α,β-unsaturated/α-hetero) is 1. The summed E-state index contributed by atoms with van der Waals surface area (Å²) in [6, 6.07) is 14.2. The molecule has 2 aromatic carbocycles. The first-order chi connectivity index (χ1) is 8.22. The Kier molecular flexibility index (Phi) is 3.25. The van der Waals surface area contributed by atoms with Gasteiger partial charge in [0.05, 0.1) is 5.92 Å². The van der Waals surface area contributed by atoms with Crippen molar-refractivity contribution in [2.45, 2.75) is 19.3 Å². The van der Waals surface area contributed by atoms with E-state index in [0.717, 1.165) is 16.3 Å². The quantitative estimate of drug-likeness (QED) is 0.726. The smallest absolute Gasteiger partial charge is 0.131 e. The first-order valence-electron chi connectivity index (χ1n) is 5.65. The molecule has 0 radical (unpaired) electrons. The number of hydrogen-bond donors (Lipinski definition) is 0. The molecule has 1 heteroatoms. The van der Waals surface area contributed by atoms with Gasteiger partial charge in [-0.1, -0.05) is 48.4 Å². The molecule has 17 heavy (non-hydrogen) atoms. The molecule has 0 saturated carbocycles. The molecule has 2 rings (SSSR count). The van der Waals surface area contributed by atoms with Crippen molar-refractivity contribution in [1.82, 2.24) is 0 Å². The highest BCUT2D eigenvalue weighted by Gasteiger charge is 2.13. The minimum Gasteiger partial charge on any atom is -0.300 e. The van der Waals surface area contributed by atoms with Gasteiger partial charge in [-0.15, -0.1) is 6.42 Å². The van der Waals surface area contributed by atoms with E-state index >= 15 is 0 Å². The second-order valence-corrected chi connectivity index (χ2v) is 4.19. The summed E-state index contributed by atoms with van der Waals surface area (Å²) in [7, 11) is 0. The number of benzene rings is 2. The van der Waals surface area contributed by atoms with E-state index in [1.54, 1.807) is 6.92 Å². The highest BCUT2D eigenvalue weighted by molar-refractivity contribution is 5.87. The lowest BCUT2D eigenvalue weighted by molar-refractivity contribution is -0.117. The molecule has 0 aliphatic carbocycles. The minimum atomic E-state index is -0.126. The Hall–Kier alpha value is -2.07. The van der Waals surface area contributed by atoms with Crippen LogP contribution in [0.1, 0.15) is 24.8 Å². The first-order valence-corrected chi connectivity index (χ1v) is 5.65. The molecule has 84 valence electrons. The second kappa shape index (κ2) is 4.84. The maximum atomic E-state index is 11.2. The predicted octanol–water partition coefficient (Wildman–Crippen LogP) is 3.54. The highest BCUT2D eigenvalue weighted by atomic mass is 16.1. The van der Waals surface area contributed by atoms with Gasteiger partial charge in [0.15, 0.2) is 0 Å². The van der Waals surface area contributed by atoms with Gasteiger partial charge < -0.3 is 0 Å². The van der Waals surface area contributed by atoms with Crippen LogP contribution in [0.4, 0.5) is 0 Å². The van der Waals surface area contributed by atoms with E-state index in [-0.39, 0.29) is 11.7 Å². The van der Waals surface area contributed by atoms with Gasteiger partial charge in [0.2, 0.25) is 0 Å². The zero-order valence-electron chi connectivity index (χ0n) is 9.81. The maximum Gasteiger partial charge on any atom is 0.131 e. The average Bonchev–Trinajstić information content (AvgIpc) is 2.35. The van der Waals surface area contributed by atoms with Crippen molar-refractivity contribution in [1.29, 1.82) is 0 Å². The number of fused-ring (bicyclic) bond motifs is 1. The van der Waals surface area contributed by atoms with Crippen LogP contribution in [0, 0.1) is 12.3 Å². The van der Waals surface area contributed by atoms with Gasteiger partial charge in [-0.25, -0.2) is 0 Å². The van der Waals surface area contributed by atoms with Crippen LogP contribution in [0.2, 0.25) is 0 Å². The number of terminal acetylenes is 1. The fourth-order valence-corrected chi connectivity index (χ4v) is 2.10. The fourth-order valence-electron chi connectivity index (χ4n) is 2.10. The van der Waals surface area contributed by atoms with Crippen molar-refractivity contribution in [3.63, 3.8) is 0 Å². The predicted molar refractivity (Wildman–Crippen MR) is 70.8 cm³/mol. The zero-order valence-corrected chi connectivity index (χ0v) is 9.81. The fraction of sp³-hybridized carbons (Fsp3) is 0.188. The average molecular weight is 222 g/mol. The van der Waals surface area contributed by atoms with Crippen LogP contribution in [-0.2, 0) is 4.79 Å². The Balaban J connectivity index is 2.54. The minimum absolute atomic E-state index is 0.126. The molecule has 2 aromatic rings. The van der Waals surface area contributed by atoms with E-state index in [1.165, 1.54) is 0 Å². The molecule has 1 unspecified atom stereocenters. The molecule has 0 fully saturated rings. The SMILES string of the molecule is C#CC(CC(C)=O)c1cccc2ccccc12. The van der Waals surface area contributed by atoms with Crippen molar-refractivity contribution in [2.75, 3.05) is 0 Å². The van der Waals surface area contributed by atoms with Gasteiger partial charge >= 0.3 is 0 Å². The number of carbonyl (C=O) groups is 1. The van der Waals surface area contributed by atoms with E-state index in [0.29, 0.717) is 6.42 Å². The molecule has 0 aromatic heterocycles. The van der Waals surface area contributed by atoms with Crippen molar-refractivity contribution in [3.05, 3.63) is 48.0 Å². The standard InChI is InChI=1S/C16H14O/c1-3-13(11-12(2)17)15-10-6-8-14-7-4-5-9-16(14)15/h1,4-10,13H,11H2,2H3. The third-order valence-corrected chi connectivity index (χ3v) is 2.89. The van der Waals surface area contributed by atoms with Gasteiger partial charge in [0.25, 0.3) is 0 Å². The van der Waals surface area contributed by atoms with E-state index in [4.69, 9.17) is 6.42 Å². The highest BCUT2D eigenvalue weighted by Crippen LogP contribution is 2.27. The van der Waals surface area contributed by atoms with Crippen LogP contribution in [0.5, 0.6) is 0 Å². The van der Waals surface area contributed by atoms with E-state index in [9.17, 15) is 4.79 Å². The molecule has 1 atom stereocenters. The van der Waals surface area contributed by atoms with Crippen LogP contribution < -0.4 is 0 Å². The monoisotopic (exact) mass is 222 g/mol. The third-order valence-electron chi connectivity index (χ3n) is 2.89. The van der Waals surface area contributed by atoms with E-state index in [1.807, 2.05) is 24.3 Å². The third kappa shape index (κ3) is 2.37. The summed E-state index contributed by atoms with van der Waals surface area (Å²) in [6.07, 6.45) is 5.95. The Morgan fingerprint density at radius 2 is 1.94 bits per heavy atom. The van der Waals surface area contributed by atoms with Gasteiger partial charge in [-0.05, 0) is 23.3 Å². The summed E-state index contributed by atoms with van der Waals surface area (Å²) in [6.45, 7) is 1.58. The number of ketones is 1. The van der Waals surface area contributed by atoms with Crippen molar-refractivity contribution in [2.24, 2.45) is 0 Å². The molecular weight excluding hydrogens is 208 g/mol. The lowest BCUT2D eigenvalue weighted by Gasteiger charge is -2.12. The van der Waals surface area contributed by atoms with Crippen LogP contribution in [0.15, 0.2) is 42.5 Å². The van der Waals surface area contributed by atoms with Crippen molar-refractivity contribution < 1.29 is 4.79 Å². The normalized spacial score (nSPS) is 12.0. The maximum absolute atomic E-state index is 11.2. The molecule has 1 nitrogen and oxygen atoms in total. The first kappa shape index (κ1) is 11.4. The molecular formula is C16H14O. The Bertz CT molecular complexity index is 584. The van der Waals surface area contributed by atoms with E-state index in [2.05, 4.69) is 24.1 Å². The Morgan fingerprint density at radius 1 is 1.24 bits per heavy atom. The van der Waals surface area contributed by atoms with Crippen LogP contribution in [0.3, 0.4) is 0 Å². The summed E-state index contributed by atoms with van der Waals surface area (Å²) in [5, 5.41) is 2.30. The molecule has 0 N–H and O–H groups in total. The molecule has 0 aliphatic rings. The molecule has 0 heterocycles. The van der Waals surface area contributed by atoms with Crippen molar-refractivity contribution in [3.8, 4) is 12.3 Å². The van der Waals surface area contributed by atoms with Gasteiger partial charge in [0.1, 0.15) is 5.78 Å². The number of hydrogen-bond acceptors (Lipinski definition) is 1. The van der Waals surface area contributed by atoms with Crippen LogP contribution in [0.25, 0.3) is 10.8 Å². The molecule has 0 amide bonds. The molecule has 0 aliphatic heterocycles.